The van der Waals surface area contributed by atoms with Crippen molar-refractivity contribution in [1.82, 2.24) is 9.71 Å². The Labute approximate surface area is 166 Å². The van der Waals surface area contributed by atoms with Crippen LogP contribution in [0.4, 0.5) is 17.6 Å². The van der Waals surface area contributed by atoms with Crippen molar-refractivity contribution in [2.75, 3.05) is 0 Å². The highest BCUT2D eigenvalue weighted by Crippen LogP contribution is 2.28. The predicted octanol–water partition coefficient (Wildman–Crippen LogP) is 5.53. The van der Waals surface area contributed by atoms with Crippen LogP contribution in [-0.4, -0.2) is 17.1 Å². The third kappa shape index (κ3) is 8.26. The number of halogens is 4. The van der Waals surface area contributed by atoms with Crippen molar-refractivity contribution in [3.05, 3.63) is 59.7 Å². The number of fused-ring (bicyclic) bond motifs is 1. The third-order valence-electron chi connectivity index (χ3n) is 3.08. The highest BCUT2D eigenvalue weighted by Gasteiger charge is 2.32. The Bertz CT molecular complexity index is 767. The van der Waals surface area contributed by atoms with Crippen LogP contribution in [0, 0.1) is 11.7 Å². The molecule has 1 aromatic carbocycles. The number of pyridine rings is 1. The van der Waals surface area contributed by atoms with Gasteiger partial charge in [0.25, 0.3) is 0 Å². The van der Waals surface area contributed by atoms with Gasteiger partial charge in [0, 0.05) is 18.2 Å². The molecule has 1 atom stereocenters. The first-order chi connectivity index (χ1) is 13.0. The fourth-order valence-electron chi connectivity index (χ4n) is 2.08. The summed E-state index contributed by atoms with van der Waals surface area (Å²) < 4.78 is 53.2. The Hall–Kier alpha value is -2.13. The van der Waals surface area contributed by atoms with E-state index < -0.39 is 17.9 Å². The Balaban J connectivity index is 0.000000236. The molecule has 1 unspecified atom stereocenters. The van der Waals surface area contributed by atoms with E-state index >= 15 is 0 Å². The van der Waals surface area contributed by atoms with Gasteiger partial charge in [0.2, 0.25) is 0 Å². The molecule has 0 saturated carbocycles. The number of nitrogens with one attached hydrogen (secondary N) is 1. The lowest BCUT2D eigenvalue weighted by molar-refractivity contribution is -0.275. The summed E-state index contributed by atoms with van der Waals surface area (Å²) in [6.07, 6.45) is -2.69. The average molecular weight is 418 g/mol. The van der Waals surface area contributed by atoms with Gasteiger partial charge in [-0.15, -0.1) is 13.2 Å². The summed E-state index contributed by atoms with van der Waals surface area (Å²) in [4.78, 5) is 15.5. The topological polar surface area (TPSA) is 51.2 Å². The molecule has 3 rings (SSSR count). The minimum absolute atomic E-state index is 0.0166. The molecule has 1 heterocycles. The molecule has 1 aromatic heterocycles. The van der Waals surface area contributed by atoms with Gasteiger partial charge in [-0.1, -0.05) is 45.7 Å². The summed E-state index contributed by atoms with van der Waals surface area (Å²) in [5, 5.41) is 0. The second-order valence-corrected chi connectivity index (χ2v) is 6.71. The Kier molecular flexibility index (Phi) is 9.40. The van der Waals surface area contributed by atoms with Crippen molar-refractivity contribution in [1.29, 1.82) is 0 Å². The Morgan fingerprint density at radius 3 is 2.32 bits per heavy atom. The molecule has 1 aliphatic rings. The van der Waals surface area contributed by atoms with Gasteiger partial charge in [0.1, 0.15) is 0 Å². The molecular formula is C19H22F4N2O2S. The number of hydrogen-bond donors (Lipinski definition) is 2. The second kappa shape index (κ2) is 11.0. The number of ether oxygens (including phenoxy) is 1. The first-order valence-corrected chi connectivity index (χ1v) is 8.87. The molecule has 28 heavy (non-hydrogen) atoms. The number of hydrogen-bond acceptors (Lipinski definition) is 5. The summed E-state index contributed by atoms with van der Waals surface area (Å²) >= 11 is 3.94. The molecule has 0 fully saturated rings. The van der Waals surface area contributed by atoms with Crippen molar-refractivity contribution in [2.24, 2.45) is 5.92 Å². The van der Waals surface area contributed by atoms with E-state index in [0.717, 1.165) is 29.3 Å². The van der Waals surface area contributed by atoms with Crippen LogP contribution in [0.3, 0.4) is 0 Å². The van der Waals surface area contributed by atoms with E-state index in [4.69, 9.17) is 0 Å². The van der Waals surface area contributed by atoms with Crippen molar-refractivity contribution >= 4 is 18.6 Å². The number of alkyl halides is 3. The van der Waals surface area contributed by atoms with Crippen LogP contribution >= 0.6 is 12.8 Å². The quantitative estimate of drug-likeness (QED) is 0.497. The number of aromatic nitrogens is 1. The molecule has 2 aromatic rings. The lowest BCUT2D eigenvalue weighted by Crippen LogP contribution is -2.17. The zero-order chi connectivity index (χ0) is 21.3. The number of thiol groups is 1. The van der Waals surface area contributed by atoms with Gasteiger partial charge in [0.15, 0.2) is 17.3 Å². The maximum absolute atomic E-state index is 12.5. The molecule has 4 nitrogen and oxygen atoms in total. The SMILES string of the molecule is CC(C)C.Fc1ccccc1OC(F)(F)F.O=C1CC(NS)c2ncccc21. The van der Waals surface area contributed by atoms with Crippen LogP contribution in [0.2, 0.25) is 0 Å². The summed E-state index contributed by atoms with van der Waals surface area (Å²) in [5.74, 6) is -0.871. The van der Waals surface area contributed by atoms with E-state index in [1.807, 2.05) is 0 Å². The molecule has 1 aliphatic carbocycles. The van der Waals surface area contributed by atoms with Crippen LogP contribution in [0.15, 0.2) is 42.6 Å². The summed E-state index contributed by atoms with van der Waals surface area (Å²) in [6.45, 7) is 6.50. The van der Waals surface area contributed by atoms with Gasteiger partial charge in [0.05, 0.1) is 11.7 Å². The standard InChI is InChI=1S/C8H8N2OS.C7H4F4O.C4H10/c11-7-4-6(10-12)8-5(7)2-1-3-9-8;8-5-3-1-2-4-6(5)12-7(9,10)11;1-4(2)3/h1-3,6,10,12H,4H2;1-4H;4H,1-3H3. The van der Waals surface area contributed by atoms with Gasteiger partial charge < -0.3 is 4.74 Å². The minimum Gasteiger partial charge on any atom is -0.403 e. The molecule has 0 radical (unpaired) electrons. The zero-order valence-electron chi connectivity index (χ0n) is 15.6. The van der Waals surface area contributed by atoms with Gasteiger partial charge in [-0.2, -0.15) is 0 Å². The molecule has 0 bridgehead atoms. The zero-order valence-corrected chi connectivity index (χ0v) is 16.5. The van der Waals surface area contributed by atoms with Gasteiger partial charge >= 0.3 is 6.36 Å². The lowest BCUT2D eigenvalue weighted by Gasteiger charge is -2.08. The van der Waals surface area contributed by atoms with Crippen LogP contribution in [0.25, 0.3) is 0 Å². The highest BCUT2D eigenvalue weighted by molar-refractivity contribution is 7.78. The maximum Gasteiger partial charge on any atom is 0.573 e. The van der Waals surface area contributed by atoms with Gasteiger partial charge in [-0.3, -0.25) is 14.5 Å². The van der Waals surface area contributed by atoms with Gasteiger partial charge in [-0.05, 0) is 30.2 Å². The van der Waals surface area contributed by atoms with Gasteiger partial charge in [-0.25, -0.2) is 4.39 Å². The minimum atomic E-state index is -4.85. The highest BCUT2D eigenvalue weighted by atomic mass is 32.1. The molecule has 0 spiro atoms. The summed E-state index contributed by atoms with van der Waals surface area (Å²) in [6, 6.07) is 7.89. The van der Waals surface area contributed by atoms with Crippen LogP contribution in [0.1, 0.15) is 49.3 Å². The number of benzene rings is 1. The fraction of sp³-hybridized carbons (Fsp3) is 0.368. The van der Waals surface area contributed by atoms with E-state index in [-0.39, 0.29) is 11.8 Å². The molecule has 1 N–H and O–H groups in total. The van der Waals surface area contributed by atoms with Crippen LogP contribution in [-0.2, 0) is 0 Å². The number of nitrogens with zero attached hydrogens (tertiary/aromatic N) is 1. The number of carbonyl (C=O) groups excluding carboxylic acids is 1. The monoisotopic (exact) mass is 418 g/mol. The predicted molar refractivity (Wildman–Crippen MR) is 102 cm³/mol. The Morgan fingerprint density at radius 2 is 1.79 bits per heavy atom. The van der Waals surface area contributed by atoms with Crippen molar-refractivity contribution in [2.45, 2.75) is 39.6 Å². The van der Waals surface area contributed by atoms with Crippen LogP contribution < -0.4 is 9.46 Å². The van der Waals surface area contributed by atoms with Crippen molar-refractivity contribution in [3.8, 4) is 5.75 Å². The van der Waals surface area contributed by atoms with Crippen molar-refractivity contribution in [3.63, 3.8) is 0 Å². The van der Waals surface area contributed by atoms with E-state index in [9.17, 15) is 22.4 Å². The summed E-state index contributed by atoms with van der Waals surface area (Å²) in [5.41, 5.74) is 1.54. The number of carbonyl (C=O) groups is 1. The molecule has 154 valence electrons. The molecule has 0 saturated heterocycles. The number of Topliss-reactive ketones (excluding diaryl/α,β-unsaturated/α-hetero) is 1. The number of para-hydroxylation sites is 1. The molecule has 0 amide bonds. The molecule has 0 aliphatic heterocycles. The summed E-state index contributed by atoms with van der Waals surface area (Å²) in [7, 11) is 0. The fourth-order valence-corrected chi connectivity index (χ4v) is 2.30. The van der Waals surface area contributed by atoms with E-state index in [0.29, 0.717) is 6.42 Å². The average Bonchev–Trinajstić information content (AvgIpc) is 2.93. The first kappa shape index (κ1) is 23.9. The van der Waals surface area contributed by atoms with E-state index in [1.165, 1.54) is 12.1 Å². The number of ketones is 1. The smallest absolute Gasteiger partial charge is 0.403 e. The van der Waals surface area contributed by atoms with Crippen molar-refractivity contribution < 1.29 is 27.1 Å². The van der Waals surface area contributed by atoms with E-state index in [1.54, 1.807) is 18.3 Å². The van der Waals surface area contributed by atoms with Crippen LogP contribution in [0.5, 0.6) is 5.75 Å². The number of rotatable bonds is 2. The largest absolute Gasteiger partial charge is 0.573 e. The lowest BCUT2D eigenvalue weighted by atomic mass is 10.2. The first-order valence-electron chi connectivity index (χ1n) is 8.43. The van der Waals surface area contributed by atoms with E-state index in [2.05, 4.69) is 48.0 Å². The third-order valence-corrected chi connectivity index (χ3v) is 3.39. The molecule has 9 heteroatoms. The second-order valence-electron chi connectivity index (χ2n) is 6.46. The molecular weight excluding hydrogens is 396 g/mol. The maximum atomic E-state index is 12.5. The normalized spacial score (nSPS) is 15.2. The Morgan fingerprint density at radius 1 is 1.18 bits per heavy atom.